The quantitative estimate of drug-likeness (QED) is 0.487. The van der Waals surface area contributed by atoms with Gasteiger partial charge in [-0.15, -0.1) is 0 Å². The Morgan fingerprint density at radius 3 is 2.38 bits per heavy atom. The summed E-state index contributed by atoms with van der Waals surface area (Å²) in [5, 5.41) is 9.16. The van der Waals surface area contributed by atoms with Gasteiger partial charge in [-0.25, -0.2) is 8.78 Å². The molecule has 37 heavy (non-hydrogen) atoms. The Balaban J connectivity index is 1.58. The number of benzene rings is 3. The molecule has 5 rings (SSSR count). The first-order valence-corrected chi connectivity index (χ1v) is 12.6. The van der Waals surface area contributed by atoms with E-state index >= 15 is 4.39 Å². The lowest BCUT2D eigenvalue weighted by Gasteiger charge is -2.38. The highest BCUT2D eigenvalue weighted by Crippen LogP contribution is 2.39. The summed E-state index contributed by atoms with van der Waals surface area (Å²) in [5.41, 5.74) is 9.27. The number of nitrogens with zero attached hydrogens (tertiary/aromatic N) is 2. The summed E-state index contributed by atoms with van der Waals surface area (Å²) in [7, 11) is 1.60. The summed E-state index contributed by atoms with van der Waals surface area (Å²) >= 11 is 0. The van der Waals surface area contributed by atoms with Crippen LogP contribution in [0.1, 0.15) is 47.2 Å². The Morgan fingerprint density at radius 2 is 1.73 bits per heavy atom. The van der Waals surface area contributed by atoms with Gasteiger partial charge in [-0.05, 0) is 84.7 Å². The van der Waals surface area contributed by atoms with Crippen LogP contribution in [0.5, 0.6) is 0 Å². The van der Waals surface area contributed by atoms with E-state index in [1.54, 1.807) is 37.4 Å². The predicted octanol–water partition coefficient (Wildman–Crippen LogP) is 5.45. The van der Waals surface area contributed by atoms with Gasteiger partial charge in [0.1, 0.15) is 17.7 Å². The molecule has 2 aliphatic rings. The topological polar surface area (TPSA) is 79.3 Å². The molecule has 0 saturated carbocycles. The second-order valence-electron chi connectivity index (χ2n) is 9.95. The van der Waals surface area contributed by atoms with Crippen molar-refractivity contribution in [3.05, 3.63) is 82.9 Å². The molecule has 5 nitrogen and oxygen atoms in total. The monoisotopic (exact) mass is 501 g/mol. The number of nitrogens with two attached hydrogens (primary N) is 1. The van der Waals surface area contributed by atoms with Crippen molar-refractivity contribution in [3.8, 4) is 28.3 Å². The van der Waals surface area contributed by atoms with Gasteiger partial charge in [0.2, 0.25) is 0 Å². The summed E-state index contributed by atoms with van der Waals surface area (Å²) < 4.78 is 35.0. The highest BCUT2D eigenvalue weighted by atomic mass is 19.1. The molecule has 2 aliphatic heterocycles. The maximum atomic E-state index is 15.3. The maximum Gasteiger partial charge on any atom is 0.254 e. The number of rotatable bonds is 6. The van der Waals surface area contributed by atoms with Crippen LogP contribution in [0.3, 0.4) is 0 Å². The molecule has 3 aromatic rings. The zero-order chi connectivity index (χ0) is 26.1. The van der Waals surface area contributed by atoms with Gasteiger partial charge >= 0.3 is 0 Å². The molecule has 190 valence electrons. The molecule has 7 heteroatoms. The van der Waals surface area contributed by atoms with E-state index in [9.17, 15) is 9.18 Å². The van der Waals surface area contributed by atoms with Crippen molar-refractivity contribution < 1.29 is 18.3 Å². The molecule has 2 heterocycles. The number of methoxy groups -OCH3 is 1. The molecule has 2 fully saturated rings. The summed E-state index contributed by atoms with van der Waals surface area (Å²) in [4.78, 5) is 15.6. The highest BCUT2D eigenvalue weighted by molar-refractivity contribution is 5.98. The van der Waals surface area contributed by atoms with Crippen LogP contribution in [0.15, 0.2) is 54.6 Å². The van der Waals surface area contributed by atoms with Crippen molar-refractivity contribution >= 4 is 5.91 Å². The Bertz CT molecular complexity index is 1370. The lowest BCUT2D eigenvalue weighted by atomic mass is 9.90. The summed E-state index contributed by atoms with van der Waals surface area (Å²) in [5.74, 6) is -1.16. The average molecular weight is 502 g/mol. The second kappa shape index (κ2) is 10.4. The van der Waals surface area contributed by atoms with E-state index in [0.717, 1.165) is 31.2 Å². The number of ether oxygens (including phenoxy) is 1. The molecule has 0 aliphatic carbocycles. The van der Waals surface area contributed by atoms with Gasteiger partial charge in [-0.3, -0.25) is 4.79 Å². The van der Waals surface area contributed by atoms with Gasteiger partial charge in [0, 0.05) is 36.4 Å². The molecule has 2 saturated heterocycles. The van der Waals surface area contributed by atoms with Crippen LogP contribution in [-0.2, 0) is 11.2 Å². The van der Waals surface area contributed by atoms with Crippen LogP contribution >= 0.6 is 0 Å². The van der Waals surface area contributed by atoms with E-state index in [2.05, 4.69) is 0 Å². The number of hydrogen-bond acceptors (Lipinski definition) is 4. The van der Waals surface area contributed by atoms with Gasteiger partial charge in [0.15, 0.2) is 0 Å². The van der Waals surface area contributed by atoms with E-state index in [0.29, 0.717) is 40.8 Å². The van der Waals surface area contributed by atoms with Gasteiger partial charge in [-0.2, -0.15) is 5.26 Å². The fourth-order valence-electron chi connectivity index (χ4n) is 5.78. The van der Waals surface area contributed by atoms with Gasteiger partial charge in [0.05, 0.1) is 12.2 Å². The number of hydrogen-bond donors (Lipinski definition) is 1. The summed E-state index contributed by atoms with van der Waals surface area (Å²) in [6.45, 7) is 0.481. The molecule has 0 aromatic heterocycles. The van der Waals surface area contributed by atoms with Crippen LogP contribution in [0.25, 0.3) is 22.3 Å². The first-order chi connectivity index (χ1) is 17.9. The number of carbonyl (C=O) groups excluding carboxylic acids is 1. The Morgan fingerprint density at radius 1 is 1.00 bits per heavy atom. The third-order valence-electron chi connectivity index (χ3n) is 7.59. The number of piperidine rings is 1. The zero-order valence-electron chi connectivity index (χ0n) is 20.7. The molecule has 0 radical (unpaired) electrons. The minimum Gasteiger partial charge on any atom is -0.384 e. The Labute approximate surface area is 215 Å². The minimum atomic E-state index is -0.666. The maximum absolute atomic E-state index is 15.3. The predicted molar refractivity (Wildman–Crippen MR) is 138 cm³/mol. The lowest BCUT2D eigenvalue weighted by molar-refractivity contribution is 0.0575. The molecule has 0 spiro atoms. The normalized spacial score (nSPS) is 20.6. The van der Waals surface area contributed by atoms with Crippen LogP contribution in [0.4, 0.5) is 8.78 Å². The Kier molecular flexibility index (Phi) is 7.05. The van der Waals surface area contributed by atoms with Crippen LogP contribution < -0.4 is 5.73 Å². The molecule has 2 N–H and O–H groups in total. The molecule has 2 bridgehead atoms. The van der Waals surface area contributed by atoms with E-state index in [1.165, 1.54) is 18.2 Å². The zero-order valence-corrected chi connectivity index (χ0v) is 20.7. The van der Waals surface area contributed by atoms with Crippen LogP contribution in [0, 0.1) is 23.0 Å². The van der Waals surface area contributed by atoms with Crippen molar-refractivity contribution in [1.29, 1.82) is 5.26 Å². The first kappa shape index (κ1) is 25.1. The van der Waals surface area contributed by atoms with E-state index in [-0.39, 0.29) is 29.6 Å². The lowest BCUT2D eigenvalue weighted by Crippen LogP contribution is -2.50. The number of nitriles is 1. The van der Waals surface area contributed by atoms with Crippen molar-refractivity contribution in [1.82, 2.24) is 4.90 Å². The number of fused-ring (bicyclic) bond motifs is 2. The van der Waals surface area contributed by atoms with Gasteiger partial charge in [-0.1, -0.05) is 24.3 Å². The third-order valence-corrected chi connectivity index (χ3v) is 7.59. The van der Waals surface area contributed by atoms with E-state index in [4.69, 9.17) is 15.7 Å². The van der Waals surface area contributed by atoms with Crippen LogP contribution in [-0.4, -0.2) is 42.6 Å². The molecule has 1 unspecified atom stereocenters. The van der Waals surface area contributed by atoms with Crippen molar-refractivity contribution in [2.75, 3.05) is 13.7 Å². The number of amides is 1. The average Bonchev–Trinajstić information content (AvgIpc) is 3.17. The van der Waals surface area contributed by atoms with Crippen molar-refractivity contribution in [3.63, 3.8) is 0 Å². The molecular formula is C30H29F2N3O2. The highest BCUT2D eigenvalue weighted by Gasteiger charge is 2.42. The Hall–Kier alpha value is -3.60. The second-order valence-corrected chi connectivity index (χ2v) is 9.95. The fourth-order valence-corrected chi connectivity index (χ4v) is 5.78. The summed E-state index contributed by atoms with van der Waals surface area (Å²) in [6.07, 6.45) is 4.03. The van der Waals surface area contributed by atoms with E-state index < -0.39 is 11.6 Å². The molecule has 3 aromatic carbocycles. The first-order valence-electron chi connectivity index (χ1n) is 12.6. The smallest absolute Gasteiger partial charge is 0.254 e. The minimum absolute atomic E-state index is 0.0764. The van der Waals surface area contributed by atoms with Gasteiger partial charge in [0.25, 0.3) is 5.91 Å². The third kappa shape index (κ3) is 4.87. The number of carbonyl (C=O) groups is 1. The number of halogens is 2. The SMILES string of the molecule is COCCc1ccc(-c2ccc(C(=O)N3[C@@H]4CC[C@H]3CC(N)C4)cc2-c2ccc(C#N)c(F)c2)c(F)c1. The van der Waals surface area contributed by atoms with Crippen molar-refractivity contribution in [2.24, 2.45) is 5.73 Å². The fraction of sp³-hybridized carbons (Fsp3) is 0.333. The van der Waals surface area contributed by atoms with Gasteiger partial charge < -0.3 is 15.4 Å². The van der Waals surface area contributed by atoms with Crippen LogP contribution in [0.2, 0.25) is 0 Å². The largest absolute Gasteiger partial charge is 0.384 e. The molecular weight excluding hydrogens is 472 g/mol. The standard InChI is InChI=1S/C30H29F2N3O2/c1-37-11-10-18-2-8-26(29(32)12-18)25-9-5-20(13-27(25)19-3-4-21(17-33)28(31)14-19)30(36)35-23-6-7-24(35)16-22(34)15-23/h2-5,8-9,12-14,22-24H,6-7,10-11,15-16,34H2,1H3/t22?,23-,24+. The summed E-state index contributed by atoms with van der Waals surface area (Å²) in [6, 6.07) is 16.6. The van der Waals surface area contributed by atoms with E-state index in [1.807, 2.05) is 17.0 Å². The molecule has 3 atom stereocenters. The molecule has 1 amide bonds. The van der Waals surface area contributed by atoms with Crippen molar-refractivity contribution in [2.45, 2.75) is 50.2 Å².